The minimum absolute atomic E-state index is 0.00850. The Morgan fingerprint density at radius 1 is 1.00 bits per heavy atom. The van der Waals surface area contributed by atoms with E-state index in [1.807, 2.05) is 0 Å². The highest BCUT2D eigenvalue weighted by Crippen LogP contribution is 2.29. The van der Waals surface area contributed by atoms with Crippen molar-refractivity contribution in [3.05, 3.63) is 80.5 Å². The number of amides is 1. The number of anilines is 1. The Morgan fingerprint density at radius 3 is 2.28 bits per heavy atom. The normalized spacial score (nSPS) is 11.0. The fourth-order valence-electron chi connectivity index (χ4n) is 2.23. The summed E-state index contributed by atoms with van der Waals surface area (Å²) in [6, 6.07) is 9.37. The summed E-state index contributed by atoms with van der Waals surface area (Å²) in [5, 5.41) is 23.8. The molecule has 13 heteroatoms. The largest absolute Gasteiger partial charge is 0.298 e. The first-order valence-electron chi connectivity index (χ1n) is 7.69. The maximum Gasteiger partial charge on any atom is 0.270 e. The molecule has 0 spiro atoms. The Kier molecular flexibility index (Phi) is 5.34. The minimum atomic E-state index is -3.99. The monoisotopic (exact) mass is 434 g/mol. The van der Waals surface area contributed by atoms with Crippen LogP contribution in [0.2, 0.25) is 0 Å². The molecule has 3 aromatic rings. The minimum Gasteiger partial charge on any atom is -0.298 e. The molecule has 0 aliphatic heterocycles. The maximum atomic E-state index is 12.6. The number of nitrogens with zero attached hydrogens (tertiary/aromatic N) is 3. The van der Waals surface area contributed by atoms with Crippen LogP contribution in [0, 0.1) is 20.2 Å². The van der Waals surface area contributed by atoms with Crippen molar-refractivity contribution in [3.8, 4) is 0 Å². The number of benzene rings is 2. The molecule has 148 valence electrons. The summed E-state index contributed by atoms with van der Waals surface area (Å²) in [6.07, 6.45) is 1.05. The summed E-state index contributed by atoms with van der Waals surface area (Å²) >= 11 is 0.680. The Balaban J connectivity index is 1.81. The first-order chi connectivity index (χ1) is 13.7. The third kappa shape index (κ3) is 4.25. The molecular weight excluding hydrogens is 424 g/mol. The lowest BCUT2D eigenvalue weighted by Crippen LogP contribution is -2.11. The molecule has 0 fully saturated rings. The van der Waals surface area contributed by atoms with E-state index >= 15 is 0 Å². The Hall–Kier alpha value is -3.71. The number of non-ortho nitro benzene ring substituents is 2. The molecule has 29 heavy (non-hydrogen) atoms. The van der Waals surface area contributed by atoms with Gasteiger partial charge in [-0.1, -0.05) is 17.4 Å². The number of thiazole rings is 1. The fourth-order valence-corrected chi connectivity index (χ4v) is 4.66. The molecule has 0 atom stereocenters. The van der Waals surface area contributed by atoms with Gasteiger partial charge in [-0.15, -0.1) is 0 Å². The summed E-state index contributed by atoms with van der Waals surface area (Å²) < 4.78 is 25.1. The Morgan fingerprint density at radius 2 is 1.66 bits per heavy atom. The lowest BCUT2D eigenvalue weighted by Gasteiger charge is -2.02. The summed E-state index contributed by atoms with van der Waals surface area (Å²) in [5.74, 6) is -0.692. The topological polar surface area (TPSA) is 162 Å². The molecule has 1 amide bonds. The second kappa shape index (κ2) is 7.73. The number of aromatic nitrogens is 1. The van der Waals surface area contributed by atoms with Crippen LogP contribution in [0.3, 0.4) is 0 Å². The standard InChI is InChI=1S/C16H10N4O7S2/c21-15(10-2-1-3-12(8-10)20(24)25)18-16-17-9-14(28-16)29(26,27)13-6-4-11(5-7-13)19(22)23/h1-9H,(H,17,18,21). The van der Waals surface area contributed by atoms with Crippen molar-refractivity contribution in [3.63, 3.8) is 0 Å². The van der Waals surface area contributed by atoms with Crippen LogP contribution in [-0.2, 0) is 9.84 Å². The van der Waals surface area contributed by atoms with Gasteiger partial charge in [0.15, 0.2) is 5.13 Å². The first-order valence-corrected chi connectivity index (χ1v) is 9.99. The number of rotatable bonds is 6. The van der Waals surface area contributed by atoms with Crippen LogP contribution in [0.1, 0.15) is 10.4 Å². The van der Waals surface area contributed by atoms with Crippen LogP contribution in [0.5, 0.6) is 0 Å². The van der Waals surface area contributed by atoms with Gasteiger partial charge in [-0.2, -0.15) is 0 Å². The zero-order chi connectivity index (χ0) is 21.2. The molecule has 11 nitrogen and oxygen atoms in total. The predicted octanol–water partition coefficient (Wildman–Crippen LogP) is 3.04. The molecule has 0 saturated heterocycles. The van der Waals surface area contributed by atoms with Crippen molar-refractivity contribution in [1.82, 2.24) is 4.98 Å². The number of hydrogen-bond acceptors (Lipinski definition) is 9. The highest BCUT2D eigenvalue weighted by atomic mass is 32.2. The molecule has 1 N–H and O–H groups in total. The summed E-state index contributed by atoms with van der Waals surface area (Å²) in [6.45, 7) is 0. The van der Waals surface area contributed by atoms with Gasteiger partial charge < -0.3 is 0 Å². The molecule has 0 unspecified atom stereocenters. The van der Waals surface area contributed by atoms with Gasteiger partial charge in [0, 0.05) is 29.8 Å². The Bertz CT molecular complexity index is 1220. The van der Waals surface area contributed by atoms with Crippen LogP contribution in [0.25, 0.3) is 0 Å². The van der Waals surface area contributed by atoms with E-state index in [9.17, 15) is 33.4 Å². The predicted molar refractivity (Wildman–Crippen MR) is 102 cm³/mol. The van der Waals surface area contributed by atoms with Gasteiger partial charge in [0.25, 0.3) is 17.3 Å². The van der Waals surface area contributed by atoms with Crippen LogP contribution in [0.15, 0.2) is 63.8 Å². The molecule has 2 aromatic carbocycles. The number of nitro benzene ring substituents is 2. The molecule has 0 bridgehead atoms. The van der Waals surface area contributed by atoms with Gasteiger partial charge in [-0.05, 0) is 18.2 Å². The van der Waals surface area contributed by atoms with E-state index in [4.69, 9.17) is 0 Å². The molecular formula is C16H10N4O7S2. The Labute approximate surface area is 166 Å². The summed E-state index contributed by atoms with van der Waals surface area (Å²) in [7, 11) is -3.99. The first kappa shape index (κ1) is 20.0. The van der Waals surface area contributed by atoms with Crippen LogP contribution in [0.4, 0.5) is 16.5 Å². The van der Waals surface area contributed by atoms with E-state index in [0.29, 0.717) is 11.3 Å². The quantitative estimate of drug-likeness (QED) is 0.457. The third-order valence-electron chi connectivity index (χ3n) is 3.65. The molecule has 0 aliphatic carbocycles. The van der Waals surface area contributed by atoms with E-state index in [1.165, 1.54) is 18.2 Å². The number of carbonyl (C=O) groups excluding carboxylic acids is 1. The zero-order valence-electron chi connectivity index (χ0n) is 14.2. The van der Waals surface area contributed by atoms with Crippen molar-refractivity contribution >= 4 is 43.6 Å². The van der Waals surface area contributed by atoms with E-state index in [1.54, 1.807) is 0 Å². The van der Waals surface area contributed by atoms with Crippen molar-refractivity contribution in [2.75, 3.05) is 5.32 Å². The van der Waals surface area contributed by atoms with Crippen molar-refractivity contribution < 1.29 is 23.1 Å². The number of sulfone groups is 1. The highest BCUT2D eigenvalue weighted by Gasteiger charge is 2.23. The van der Waals surface area contributed by atoms with E-state index in [2.05, 4.69) is 10.3 Å². The van der Waals surface area contributed by atoms with Gasteiger partial charge in [-0.25, -0.2) is 13.4 Å². The maximum absolute atomic E-state index is 12.6. The second-order valence-corrected chi connectivity index (χ2v) is 8.71. The van der Waals surface area contributed by atoms with Gasteiger partial charge in [0.1, 0.15) is 4.21 Å². The molecule has 3 rings (SSSR count). The molecule has 0 radical (unpaired) electrons. The second-order valence-electron chi connectivity index (χ2n) is 5.50. The van der Waals surface area contributed by atoms with E-state index in [0.717, 1.165) is 36.5 Å². The fraction of sp³-hybridized carbons (Fsp3) is 0. The van der Waals surface area contributed by atoms with Crippen LogP contribution in [-0.4, -0.2) is 29.2 Å². The van der Waals surface area contributed by atoms with E-state index < -0.39 is 25.6 Å². The summed E-state index contributed by atoms with van der Waals surface area (Å²) in [4.78, 5) is 36.1. The van der Waals surface area contributed by atoms with Crippen molar-refractivity contribution in [2.45, 2.75) is 9.10 Å². The molecule has 1 aromatic heterocycles. The highest BCUT2D eigenvalue weighted by molar-refractivity contribution is 7.93. The molecule has 0 saturated carbocycles. The SMILES string of the molecule is O=C(Nc1ncc(S(=O)(=O)c2ccc([N+](=O)[O-])cc2)s1)c1cccc([N+](=O)[O-])c1. The number of nitro groups is 2. The van der Waals surface area contributed by atoms with Crippen LogP contribution >= 0.6 is 11.3 Å². The third-order valence-corrected chi connectivity index (χ3v) is 6.79. The summed E-state index contributed by atoms with van der Waals surface area (Å²) in [5.41, 5.74) is -0.509. The van der Waals surface area contributed by atoms with Gasteiger partial charge in [-0.3, -0.25) is 30.3 Å². The lowest BCUT2D eigenvalue weighted by atomic mass is 10.2. The van der Waals surface area contributed by atoms with Crippen LogP contribution < -0.4 is 5.32 Å². The number of carbonyl (C=O) groups is 1. The smallest absolute Gasteiger partial charge is 0.270 e. The van der Waals surface area contributed by atoms with Crippen molar-refractivity contribution in [1.29, 1.82) is 0 Å². The molecule has 1 heterocycles. The molecule has 0 aliphatic rings. The van der Waals surface area contributed by atoms with Gasteiger partial charge in [0.05, 0.1) is 20.9 Å². The van der Waals surface area contributed by atoms with E-state index in [-0.39, 0.29) is 31.2 Å². The lowest BCUT2D eigenvalue weighted by molar-refractivity contribution is -0.385. The van der Waals surface area contributed by atoms with Gasteiger partial charge in [0.2, 0.25) is 9.84 Å². The average Bonchev–Trinajstić information content (AvgIpc) is 3.17. The number of nitrogens with one attached hydrogen (secondary N) is 1. The number of hydrogen-bond donors (Lipinski definition) is 1. The zero-order valence-corrected chi connectivity index (χ0v) is 15.8. The van der Waals surface area contributed by atoms with Gasteiger partial charge >= 0.3 is 0 Å². The average molecular weight is 434 g/mol. The van der Waals surface area contributed by atoms with Crippen molar-refractivity contribution in [2.24, 2.45) is 0 Å².